The maximum absolute atomic E-state index is 14.0. The van der Waals surface area contributed by atoms with Crippen LogP contribution in [0.25, 0.3) is 0 Å². The third kappa shape index (κ3) is 4.35. The van der Waals surface area contributed by atoms with Crippen molar-refractivity contribution in [2.45, 2.75) is 10.9 Å². The Morgan fingerprint density at radius 3 is 2.59 bits per heavy atom. The number of hydrogen-bond donors (Lipinski definition) is 1. The van der Waals surface area contributed by atoms with Gasteiger partial charge in [-0.25, -0.2) is 21.9 Å². The molecule has 0 saturated carbocycles. The molecule has 0 bridgehead atoms. The van der Waals surface area contributed by atoms with E-state index < -0.39 is 26.6 Å². The number of nitrogens with zero attached hydrogens (tertiary/aromatic N) is 1. The summed E-state index contributed by atoms with van der Waals surface area (Å²) in [6, 6.07) is 7.40. The van der Waals surface area contributed by atoms with Crippen LogP contribution >= 0.6 is 0 Å². The van der Waals surface area contributed by atoms with E-state index in [1.165, 1.54) is 0 Å². The second kappa shape index (κ2) is 8.23. The number of benzene rings is 2. The summed E-state index contributed by atoms with van der Waals surface area (Å²) in [5, 5.41) is 0. The summed E-state index contributed by atoms with van der Waals surface area (Å²) in [6.07, 6.45) is 0. The van der Waals surface area contributed by atoms with Crippen molar-refractivity contribution in [2.75, 3.05) is 39.6 Å². The maximum Gasteiger partial charge on any atom is 0.243 e. The summed E-state index contributed by atoms with van der Waals surface area (Å²) in [4.78, 5) is 1.36. The second-order valence-corrected chi connectivity index (χ2v) is 8.44. The number of nitrogens with one attached hydrogen (secondary N) is 1. The molecular weight excluding hydrogens is 406 g/mol. The van der Waals surface area contributed by atoms with E-state index in [2.05, 4.69) is 9.62 Å². The number of rotatable bonds is 6. The molecule has 10 heteroatoms. The van der Waals surface area contributed by atoms with E-state index in [-0.39, 0.29) is 19.4 Å². The first-order valence-corrected chi connectivity index (χ1v) is 10.6. The van der Waals surface area contributed by atoms with Crippen molar-refractivity contribution in [2.24, 2.45) is 0 Å². The Kier molecular flexibility index (Phi) is 5.68. The number of hydrogen-bond acceptors (Lipinski definition) is 6. The summed E-state index contributed by atoms with van der Waals surface area (Å²) >= 11 is 0. The number of morpholine rings is 1. The van der Waals surface area contributed by atoms with Gasteiger partial charge in [0.15, 0.2) is 11.5 Å². The number of sulfonamides is 1. The van der Waals surface area contributed by atoms with Crippen LogP contribution in [0.1, 0.15) is 11.6 Å². The Labute approximate surface area is 167 Å². The molecule has 2 heterocycles. The quantitative estimate of drug-likeness (QED) is 0.762. The first-order valence-electron chi connectivity index (χ1n) is 9.10. The lowest BCUT2D eigenvalue weighted by Gasteiger charge is -2.35. The Balaban J connectivity index is 1.59. The number of ether oxygens (including phenoxy) is 3. The molecule has 0 aromatic heterocycles. The zero-order valence-corrected chi connectivity index (χ0v) is 16.3. The molecule has 29 heavy (non-hydrogen) atoms. The molecule has 0 aliphatic carbocycles. The molecular formula is C19H20F2N2O5S. The van der Waals surface area contributed by atoms with Gasteiger partial charge in [-0.05, 0) is 35.9 Å². The Morgan fingerprint density at radius 1 is 1.03 bits per heavy atom. The molecule has 2 aromatic rings. The van der Waals surface area contributed by atoms with Crippen LogP contribution in [0.3, 0.4) is 0 Å². The topological polar surface area (TPSA) is 77.1 Å². The lowest BCUT2D eigenvalue weighted by Crippen LogP contribution is -2.43. The van der Waals surface area contributed by atoms with Crippen LogP contribution in [0, 0.1) is 11.6 Å². The highest BCUT2D eigenvalue weighted by molar-refractivity contribution is 7.89. The van der Waals surface area contributed by atoms with Gasteiger partial charge in [0, 0.05) is 25.7 Å². The Morgan fingerprint density at radius 2 is 1.79 bits per heavy atom. The molecule has 1 unspecified atom stereocenters. The summed E-state index contributed by atoms with van der Waals surface area (Å²) in [6.45, 7) is 2.35. The minimum Gasteiger partial charge on any atom is -0.454 e. The van der Waals surface area contributed by atoms with Gasteiger partial charge >= 0.3 is 0 Å². The molecule has 4 rings (SSSR count). The van der Waals surface area contributed by atoms with Crippen molar-refractivity contribution in [3.8, 4) is 11.5 Å². The predicted octanol–water partition coefficient (Wildman–Crippen LogP) is 2.05. The van der Waals surface area contributed by atoms with Crippen LogP contribution in [0.5, 0.6) is 11.5 Å². The zero-order valence-electron chi connectivity index (χ0n) is 15.4. The van der Waals surface area contributed by atoms with Crippen molar-refractivity contribution < 1.29 is 31.4 Å². The summed E-state index contributed by atoms with van der Waals surface area (Å²) in [5.74, 6) is -0.631. The van der Waals surface area contributed by atoms with Crippen LogP contribution in [-0.4, -0.2) is 53.0 Å². The van der Waals surface area contributed by atoms with Gasteiger partial charge in [0.1, 0.15) is 16.5 Å². The fourth-order valence-corrected chi connectivity index (χ4v) is 4.54. The normalized spacial score (nSPS) is 18.0. The lowest BCUT2D eigenvalue weighted by atomic mass is 10.0. The molecule has 2 aliphatic rings. The molecule has 0 radical (unpaired) electrons. The van der Waals surface area contributed by atoms with Gasteiger partial charge in [-0.2, -0.15) is 0 Å². The standard InChI is InChI=1S/C19H20F2N2O5S/c20-14-2-3-15(21)19(10-14)29(24,25)22-11-16(23-5-7-26-8-6-23)13-1-4-17-18(9-13)28-12-27-17/h1-4,9-10,16,22H,5-8,11-12H2. The third-order valence-corrected chi connectivity index (χ3v) is 6.36. The molecule has 1 atom stereocenters. The van der Waals surface area contributed by atoms with Crippen LogP contribution < -0.4 is 14.2 Å². The third-order valence-electron chi connectivity index (χ3n) is 4.92. The van der Waals surface area contributed by atoms with Crippen molar-refractivity contribution in [1.82, 2.24) is 9.62 Å². The molecule has 1 fully saturated rings. The lowest BCUT2D eigenvalue weighted by molar-refractivity contribution is 0.0171. The van der Waals surface area contributed by atoms with E-state index in [0.29, 0.717) is 43.9 Å². The van der Waals surface area contributed by atoms with Crippen LogP contribution in [0.2, 0.25) is 0 Å². The number of halogens is 2. The van der Waals surface area contributed by atoms with Gasteiger partial charge in [-0.15, -0.1) is 0 Å². The molecule has 2 aromatic carbocycles. The summed E-state index contributed by atoms with van der Waals surface area (Å²) < 4.78 is 71.2. The summed E-state index contributed by atoms with van der Waals surface area (Å²) in [7, 11) is -4.25. The average Bonchev–Trinajstić information content (AvgIpc) is 3.18. The van der Waals surface area contributed by atoms with E-state index in [4.69, 9.17) is 14.2 Å². The van der Waals surface area contributed by atoms with E-state index in [1.807, 2.05) is 6.07 Å². The minimum absolute atomic E-state index is 0.0298. The van der Waals surface area contributed by atoms with Gasteiger partial charge in [0.25, 0.3) is 0 Å². The molecule has 7 nitrogen and oxygen atoms in total. The molecule has 2 aliphatic heterocycles. The van der Waals surface area contributed by atoms with Gasteiger partial charge in [-0.1, -0.05) is 6.07 Å². The van der Waals surface area contributed by atoms with E-state index in [0.717, 1.165) is 17.7 Å². The Hall–Kier alpha value is -2.27. The molecule has 1 N–H and O–H groups in total. The van der Waals surface area contributed by atoms with Crippen LogP contribution in [0.4, 0.5) is 8.78 Å². The zero-order chi connectivity index (χ0) is 20.4. The molecule has 1 saturated heterocycles. The minimum atomic E-state index is -4.25. The Bertz CT molecular complexity index is 996. The summed E-state index contributed by atoms with van der Waals surface area (Å²) in [5.41, 5.74) is 0.818. The fourth-order valence-electron chi connectivity index (χ4n) is 3.42. The fraction of sp³-hybridized carbons (Fsp3) is 0.368. The van der Waals surface area contributed by atoms with Crippen molar-refractivity contribution >= 4 is 10.0 Å². The van der Waals surface area contributed by atoms with Crippen molar-refractivity contribution in [3.05, 3.63) is 53.6 Å². The highest BCUT2D eigenvalue weighted by Crippen LogP contribution is 2.35. The molecule has 0 amide bonds. The predicted molar refractivity (Wildman–Crippen MR) is 99.2 cm³/mol. The monoisotopic (exact) mass is 426 g/mol. The SMILES string of the molecule is O=S(=O)(NCC(c1ccc2c(c1)OCO2)N1CCOCC1)c1cc(F)ccc1F. The van der Waals surface area contributed by atoms with Crippen LogP contribution in [-0.2, 0) is 14.8 Å². The van der Waals surface area contributed by atoms with Gasteiger partial charge in [0.05, 0.1) is 13.2 Å². The highest BCUT2D eigenvalue weighted by atomic mass is 32.2. The van der Waals surface area contributed by atoms with Crippen LogP contribution in [0.15, 0.2) is 41.3 Å². The first kappa shape index (κ1) is 20.0. The number of fused-ring (bicyclic) bond motifs is 1. The smallest absolute Gasteiger partial charge is 0.243 e. The van der Waals surface area contributed by atoms with Crippen molar-refractivity contribution in [1.29, 1.82) is 0 Å². The van der Waals surface area contributed by atoms with Gasteiger partial charge in [0.2, 0.25) is 16.8 Å². The first-order chi connectivity index (χ1) is 13.9. The van der Waals surface area contributed by atoms with Gasteiger partial charge < -0.3 is 14.2 Å². The average molecular weight is 426 g/mol. The largest absolute Gasteiger partial charge is 0.454 e. The van der Waals surface area contributed by atoms with E-state index in [1.54, 1.807) is 12.1 Å². The molecule has 0 spiro atoms. The van der Waals surface area contributed by atoms with Crippen molar-refractivity contribution in [3.63, 3.8) is 0 Å². The maximum atomic E-state index is 14.0. The highest BCUT2D eigenvalue weighted by Gasteiger charge is 2.28. The van der Waals surface area contributed by atoms with Gasteiger partial charge in [-0.3, -0.25) is 4.90 Å². The van der Waals surface area contributed by atoms with E-state index >= 15 is 0 Å². The molecule has 156 valence electrons. The van der Waals surface area contributed by atoms with E-state index in [9.17, 15) is 17.2 Å². The second-order valence-electron chi connectivity index (χ2n) is 6.70.